The highest BCUT2D eigenvalue weighted by Gasteiger charge is 2.18. The third kappa shape index (κ3) is 7.60. The summed E-state index contributed by atoms with van der Waals surface area (Å²) in [6, 6.07) is 1.91. The zero-order valence-electron chi connectivity index (χ0n) is 13.6. The Morgan fingerprint density at radius 2 is 2.14 bits per heavy atom. The number of carbonyl (C=O) groups excluding carboxylic acids is 1. The van der Waals surface area contributed by atoms with Crippen LogP contribution in [0, 0.1) is 6.92 Å². The molecule has 1 heterocycles. The molecule has 1 rings (SSSR count). The second-order valence-corrected chi connectivity index (χ2v) is 5.98. The Hall–Kier alpha value is -1.69. The Kier molecular flexibility index (Phi) is 6.55. The highest BCUT2D eigenvalue weighted by molar-refractivity contribution is 5.68. The molecule has 0 saturated heterocycles. The number of alkyl carbamates (subject to hydrolysis) is 1. The lowest BCUT2D eigenvalue weighted by Crippen LogP contribution is -2.43. The first-order valence-electron chi connectivity index (χ1n) is 7.29. The third-order valence-electron chi connectivity index (χ3n) is 2.74. The van der Waals surface area contributed by atoms with Crippen molar-refractivity contribution in [1.82, 2.24) is 20.6 Å². The quantitative estimate of drug-likeness (QED) is 0.841. The van der Waals surface area contributed by atoms with E-state index in [4.69, 9.17) is 4.74 Å². The van der Waals surface area contributed by atoms with Gasteiger partial charge in [0.2, 0.25) is 0 Å². The minimum absolute atomic E-state index is 0.0304. The number of hydrogen-bond donors (Lipinski definition) is 2. The molecule has 1 unspecified atom stereocenters. The number of nitrogens with zero attached hydrogens (tertiary/aromatic N) is 2. The summed E-state index contributed by atoms with van der Waals surface area (Å²) in [5, 5.41) is 6.15. The van der Waals surface area contributed by atoms with Gasteiger partial charge in [0.05, 0.1) is 5.69 Å². The lowest BCUT2D eigenvalue weighted by molar-refractivity contribution is 0.0502. The van der Waals surface area contributed by atoms with E-state index in [0.717, 1.165) is 17.9 Å². The molecule has 6 nitrogen and oxygen atoms in total. The maximum atomic E-state index is 11.7. The molecule has 1 aromatic rings. The lowest BCUT2D eigenvalue weighted by atomic mass is 10.2. The topological polar surface area (TPSA) is 76.1 Å². The van der Waals surface area contributed by atoms with E-state index in [1.165, 1.54) is 0 Å². The van der Waals surface area contributed by atoms with Crippen molar-refractivity contribution in [1.29, 1.82) is 0 Å². The predicted molar refractivity (Wildman–Crippen MR) is 81.9 cm³/mol. The summed E-state index contributed by atoms with van der Waals surface area (Å²) >= 11 is 0. The number of amides is 1. The number of nitrogens with one attached hydrogen (secondary N) is 2. The van der Waals surface area contributed by atoms with Crippen molar-refractivity contribution in [2.75, 3.05) is 6.54 Å². The first-order chi connectivity index (χ1) is 9.80. The van der Waals surface area contributed by atoms with Crippen molar-refractivity contribution in [2.24, 2.45) is 0 Å². The van der Waals surface area contributed by atoms with Gasteiger partial charge in [0.1, 0.15) is 11.4 Å². The number of carbonyl (C=O) groups is 1. The van der Waals surface area contributed by atoms with Crippen LogP contribution in [0.3, 0.4) is 0 Å². The van der Waals surface area contributed by atoms with Gasteiger partial charge in [-0.05, 0) is 40.2 Å². The fraction of sp³-hybridized carbons (Fsp3) is 0.667. The van der Waals surface area contributed by atoms with Crippen LogP contribution in [0.5, 0.6) is 0 Å². The summed E-state index contributed by atoms with van der Waals surface area (Å²) in [5.74, 6) is 0.758. The highest BCUT2D eigenvalue weighted by atomic mass is 16.6. The van der Waals surface area contributed by atoms with Crippen molar-refractivity contribution in [3.63, 3.8) is 0 Å². The number of rotatable bonds is 6. The normalized spacial score (nSPS) is 12.8. The average Bonchev–Trinajstić information content (AvgIpc) is 2.35. The second kappa shape index (κ2) is 7.93. The van der Waals surface area contributed by atoms with Gasteiger partial charge in [-0.25, -0.2) is 14.8 Å². The van der Waals surface area contributed by atoms with Gasteiger partial charge in [-0.1, -0.05) is 6.92 Å². The number of hydrogen-bond acceptors (Lipinski definition) is 5. The zero-order chi connectivity index (χ0) is 15.9. The number of ether oxygens (including phenoxy) is 1. The highest BCUT2D eigenvalue weighted by Crippen LogP contribution is 2.07. The van der Waals surface area contributed by atoms with Gasteiger partial charge >= 0.3 is 6.09 Å². The third-order valence-corrected chi connectivity index (χ3v) is 2.74. The van der Waals surface area contributed by atoms with E-state index in [2.05, 4.69) is 20.6 Å². The molecule has 0 aliphatic heterocycles. The zero-order valence-corrected chi connectivity index (χ0v) is 13.6. The molecule has 0 saturated carbocycles. The van der Waals surface area contributed by atoms with Crippen LogP contribution in [0.4, 0.5) is 4.79 Å². The van der Waals surface area contributed by atoms with E-state index in [9.17, 15) is 4.79 Å². The molecular weight excluding hydrogens is 268 g/mol. The minimum atomic E-state index is -0.478. The molecule has 0 aliphatic rings. The molecule has 0 aliphatic carbocycles. The van der Waals surface area contributed by atoms with Gasteiger partial charge in [-0.15, -0.1) is 0 Å². The van der Waals surface area contributed by atoms with Crippen molar-refractivity contribution >= 4 is 6.09 Å². The van der Waals surface area contributed by atoms with Crippen LogP contribution in [0.25, 0.3) is 0 Å². The van der Waals surface area contributed by atoms with Crippen LogP contribution < -0.4 is 10.6 Å². The Morgan fingerprint density at radius 1 is 1.43 bits per heavy atom. The van der Waals surface area contributed by atoms with Crippen LogP contribution in [-0.2, 0) is 11.3 Å². The van der Waals surface area contributed by atoms with Crippen molar-refractivity contribution in [2.45, 2.75) is 59.2 Å². The van der Waals surface area contributed by atoms with Crippen LogP contribution in [0.2, 0.25) is 0 Å². The van der Waals surface area contributed by atoms with E-state index in [1.807, 2.05) is 40.7 Å². The predicted octanol–water partition coefficient (Wildman–Crippen LogP) is 2.18. The second-order valence-electron chi connectivity index (χ2n) is 5.98. The molecule has 0 bridgehead atoms. The van der Waals surface area contributed by atoms with Crippen LogP contribution in [0.15, 0.2) is 12.3 Å². The fourth-order valence-electron chi connectivity index (χ4n) is 1.75. The Bertz CT molecular complexity index is 457. The monoisotopic (exact) mass is 294 g/mol. The maximum Gasteiger partial charge on any atom is 0.407 e. The summed E-state index contributed by atoms with van der Waals surface area (Å²) in [7, 11) is 0. The molecule has 0 spiro atoms. The van der Waals surface area contributed by atoms with E-state index in [1.54, 1.807) is 6.20 Å². The van der Waals surface area contributed by atoms with E-state index < -0.39 is 5.60 Å². The smallest absolute Gasteiger partial charge is 0.407 e. The molecule has 1 atom stereocenters. The summed E-state index contributed by atoms with van der Waals surface area (Å²) in [6.07, 6.45) is 2.19. The molecule has 0 aromatic carbocycles. The minimum Gasteiger partial charge on any atom is -0.444 e. The van der Waals surface area contributed by atoms with Gasteiger partial charge in [-0.3, -0.25) is 0 Å². The Morgan fingerprint density at radius 3 is 2.71 bits per heavy atom. The van der Waals surface area contributed by atoms with Gasteiger partial charge < -0.3 is 15.4 Å². The molecule has 1 amide bonds. The Balaban J connectivity index is 2.36. The largest absolute Gasteiger partial charge is 0.444 e. The maximum absolute atomic E-state index is 11.7. The van der Waals surface area contributed by atoms with Crippen LogP contribution in [-0.4, -0.2) is 34.2 Å². The van der Waals surface area contributed by atoms with E-state index >= 15 is 0 Å². The SMILES string of the molecule is CCC(CNCc1ccnc(C)n1)NC(=O)OC(C)(C)C. The van der Waals surface area contributed by atoms with Gasteiger partial charge in [0, 0.05) is 25.3 Å². The van der Waals surface area contributed by atoms with Crippen LogP contribution >= 0.6 is 0 Å². The summed E-state index contributed by atoms with van der Waals surface area (Å²) in [6.45, 7) is 10.8. The molecular formula is C15H26N4O2. The number of aromatic nitrogens is 2. The van der Waals surface area contributed by atoms with Gasteiger partial charge in [0.25, 0.3) is 0 Å². The number of aryl methyl sites for hydroxylation is 1. The molecule has 2 N–H and O–H groups in total. The molecule has 0 radical (unpaired) electrons. The molecule has 6 heteroatoms. The van der Waals surface area contributed by atoms with Crippen molar-refractivity contribution in [3.05, 3.63) is 23.8 Å². The van der Waals surface area contributed by atoms with Crippen molar-refractivity contribution in [3.8, 4) is 0 Å². The first kappa shape index (κ1) is 17.4. The van der Waals surface area contributed by atoms with Crippen LogP contribution in [0.1, 0.15) is 45.6 Å². The lowest BCUT2D eigenvalue weighted by Gasteiger charge is -2.23. The fourth-order valence-corrected chi connectivity index (χ4v) is 1.75. The van der Waals surface area contributed by atoms with E-state index in [0.29, 0.717) is 13.1 Å². The summed E-state index contributed by atoms with van der Waals surface area (Å²) < 4.78 is 5.25. The van der Waals surface area contributed by atoms with E-state index in [-0.39, 0.29) is 12.1 Å². The average molecular weight is 294 g/mol. The molecule has 21 heavy (non-hydrogen) atoms. The molecule has 0 fully saturated rings. The standard InChI is InChI=1S/C15H26N4O2/c1-6-12(19-14(20)21-15(3,4)5)9-16-10-13-7-8-17-11(2)18-13/h7-8,12,16H,6,9-10H2,1-5H3,(H,19,20). The molecule has 118 valence electrons. The first-order valence-corrected chi connectivity index (χ1v) is 7.29. The van der Waals surface area contributed by atoms with Crippen molar-refractivity contribution < 1.29 is 9.53 Å². The van der Waals surface area contributed by atoms with Gasteiger partial charge in [0.15, 0.2) is 0 Å². The Labute approximate surface area is 126 Å². The van der Waals surface area contributed by atoms with Gasteiger partial charge in [-0.2, -0.15) is 0 Å². The molecule has 1 aromatic heterocycles. The summed E-state index contributed by atoms with van der Waals surface area (Å²) in [4.78, 5) is 20.1. The summed E-state index contributed by atoms with van der Waals surface area (Å²) in [5.41, 5.74) is 0.462.